The molecule has 0 aromatic heterocycles. The maximum absolute atomic E-state index is 11.8. The summed E-state index contributed by atoms with van der Waals surface area (Å²) in [4.78, 5) is 13.6. The van der Waals surface area contributed by atoms with Crippen molar-refractivity contribution in [2.75, 3.05) is 37.7 Å². The van der Waals surface area contributed by atoms with Crippen molar-refractivity contribution in [1.29, 1.82) is 0 Å². The summed E-state index contributed by atoms with van der Waals surface area (Å²) in [5, 5.41) is 3.16. The van der Waals surface area contributed by atoms with Crippen LogP contribution in [0.1, 0.15) is 32.6 Å². The van der Waals surface area contributed by atoms with E-state index in [1.807, 2.05) is 6.92 Å². The van der Waals surface area contributed by atoms with Crippen molar-refractivity contribution in [3.63, 3.8) is 0 Å². The van der Waals surface area contributed by atoms with E-state index in [9.17, 15) is 13.2 Å². The van der Waals surface area contributed by atoms with Gasteiger partial charge in [0.15, 0.2) is 9.84 Å². The van der Waals surface area contributed by atoms with Crippen LogP contribution in [0.25, 0.3) is 0 Å². The second-order valence-electron chi connectivity index (χ2n) is 4.74. The molecule has 1 rings (SSSR count). The quantitative estimate of drug-likeness (QED) is 0.684. The van der Waals surface area contributed by atoms with E-state index in [-0.39, 0.29) is 23.8 Å². The fourth-order valence-corrected chi connectivity index (χ4v) is 3.32. The van der Waals surface area contributed by atoms with Gasteiger partial charge in [-0.25, -0.2) is 8.42 Å². The molecule has 1 fully saturated rings. The molecule has 1 heterocycles. The van der Waals surface area contributed by atoms with E-state index >= 15 is 0 Å². The Kier molecular flexibility index (Phi) is 6.63. The van der Waals surface area contributed by atoms with Crippen LogP contribution in [0, 0.1) is 0 Å². The molecule has 106 valence electrons. The van der Waals surface area contributed by atoms with E-state index in [1.54, 1.807) is 4.90 Å². The standard InChI is InChI=1S/C12H24N2O3S/c1-2-3-4-10-18(16,17)11-5-12(15)14-8-6-13-7-9-14/h13H,2-11H2,1H3. The highest BCUT2D eigenvalue weighted by Crippen LogP contribution is 2.04. The van der Waals surface area contributed by atoms with Crippen LogP contribution >= 0.6 is 0 Å². The topological polar surface area (TPSA) is 66.5 Å². The van der Waals surface area contributed by atoms with E-state index in [0.29, 0.717) is 19.5 Å². The Balaban J connectivity index is 2.27. The lowest BCUT2D eigenvalue weighted by Gasteiger charge is -2.27. The van der Waals surface area contributed by atoms with Gasteiger partial charge in [-0.3, -0.25) is 4.79 Å². The zero-order valence-electron chi connectivity index (χ0n) is 11.2. The minimum Gasteiger partial charge on any atom is -0.340 e. The third-order valence-electron chi connectivity index (χ3n) is 3.16. The first-order valence-electron chi connectivity index (χ1n) is 6.74. The molecular weight excluding hydrogens is 252 g/mol. The molecule has 0 aliphatic carbocycles. The maximum Gasteiger partial charge on any atom is 0.223 e. The van der Waals surface area contributed by atoms with Crippen LogP contribution in [-0.2, 0) is 14.6 Å². The highest BCUT2D eigenvalue weighted by molar-refractivity contribution is 7.91. The summed E-state index contributed by atoms with van der Waals surface area (Å²) in [5.41, 5.74) is 0. The van der Waals surface area contributed by atoms with Gasteiger partial charge in [0.05, 0.1) is 11.5 Å². The zero-order valence-corrected chi connectivity index (χ0v) is 12.0. The van der Waals surface area contributed by atoms with Crippen LogP contribution in [-0.4, -0.2) is 56.9 Å². The molecule has 0 atom stereocenters. The van der Waals surface area contributed by atoms with Crippen molar-refractivity contribution in [2.24, 2.45) is 0 Å². The fraction of sp³-hybridized carbons (Fsp3) is 0.917. The van der Waals surface area contributed by atoms with E-state index in [4.69, 9.17) is 0 Å². The summed E-state index contributed by atoms with van der Waals surface area (Å²) in [6.07, 6.45) is 2.79. The monoisotopic (exact) mass is 276 g/mol. The van der Waals surface area contributed by atoms with Crippen LogP contribution in [0.2, 0.25) is 0 Å². The van der Waals surface area contributed by atoms with Gasteiger partial charge in [0.2, 0.25) is 5.91 Å². The summed E-state index contributed by atoms with van der Waals surface area (Å²) in [6, 6.07) is 0. The van der Waals surface area contributed by atoms with Gasteiger partial charge in [-0.15, -0.1) is 0 Å². The van der Waals surface area contributed by atoms with Gasteiger partial charge in [0.1, 0.15) is 0 Å². The number of carbonyl (C=O) groups excluding carboxylic acids is 1. The van der Waals surface area contributed by atoms with Crippen molar-refractivity contribution in [3.05, 3.63) is 0 Å². The van der Waals surface area contributed by atoms with Gasteiger partial charge >= 0.3 is 0 Å². The van der Waals surface area contributed by atoms with Crippen LogP contribution < -0.4 is 5.32 Å². The van der Waals surface area contributed by atoms with E-state index in [0.717, 1.165) is 25.9 Å². The minimum absolute atomic E-state index is 0.000520. The number of carbonyl (C=O) groups is 1. The molecule has 0 unspecified atom stereocenters. The highest BCUT2D eigenvalue weighted by atomic mass is 32.2. The predicted octanol–water partition coefficient (Wildman–Crippen LogP) is 0.413. The summed E-state index contributed by atoms with van der Waals surface area (Å²) in [7, 11) is -3.05. The normalized spacial score (nSPS) is 16.8. The van der Waals surface area contributed by atoms with Crippen molar-refractivity contribution in [1.82, 2.24) is 10.2 Å². The molecule has 0 saturated carbocycles. The number of unbranched alkanes of at least 4 members (excludes halogenated alkanes) is 2. The molecule has 6 heteroatoms. The molecule has 0 aromatic carbocycles. The third kappa shape index (κ3) is 5.82. The predicted molar refractivity (Wildman–Crippen MR) is 72.2 cm³/mol. The molecule has 1 aliphatic heterocycles. The first-order chi connectivity index (χ1) is 8.55. The number of sulfone groups is 1. The highest BCUT2D eigenvalue weighted by Gasteiger charge is 2.19. The van der Waals surface area contributed by atoms with Gasteiger partial charge < -0.3 is 10.2 Å². The minimum atomic E-state index is -3.05. The van der Waals surface area contributed by atoms with Gasteiger partial charge in [-0.05, 0) is 6.42 Å². The Morgan fingerprint density at radius 3 is 2.44 bits per heavy atom. The van der Waals surface area contributed by atoms with Crippen molar-refractivity contribution >= 4 is 15.7 Å². The molecular formula is C12H24N2O3S. The van der Waals surface area contributed by atoms with E-state index in [1.165, 1.54) is 0 Å². The summed E-state index contributed by atoms with van der Waals surface area (Å²) in [6.45, 7) is 5.02. The Hall–Kier alpha value is -0.620. The van der Waals surface area contributed by atoms with Crippen molar-refractivity contribution in [2.45, 2.75) is 32.6 Å². The lowest BCUT2D eigenvalue weighted by atomic mass is 10.3. The number of piperazine rings is 1. The van der Waals surface area contributed by atoms with Crippen LogP contribution in [0.4, 0.5) is 0 Å². The average Bonchev–Trinajstić information content (AvgIpc) is 2.37. The lowest BCUT2D eigenvalue weighted by Crippen LogP contribution is -2.46. The summed E-state index contributed by atoms with van der Waals surface area (Å²) in [5.74, 6) is 0.186. The molecule has 1 N–H and O–H groups in total. The Labute approximate surface area is 110 Å². The van der Waals surface area contributed by atoms with Crippen molar-refractivity contribution < 1.29 is 13.2 Å². The first kappa shape index (κ1) is 15.4. The molecule has 0 aromatic rings. The molecule has 0 radical (unpaired) electrons. The Morgan fingerprint density at radius 1 is 1.17 bits per heavy atom. The molecule has 18 heavy (non-hydrogen) atoms. The molecule has 0 spiro atoms. The van der Waals surface area contributed by atoms with Gasteiger partial charge in [0, 0.05) is 32.6 Å². The zero-order chi connectivity index (χ0) is 13.4. The number of hydrogen-bond donors (Lipinski definition) is 1. The first-order valence-corrected chi connectivity index (χ1v) is 8.56. The van der Waals surface area contributed by atoms with Gasteiger partial charge in [0.25, 0.3) is 0 Å². The number of nitrogens with one attached hydrogen (secondary N) is 1. The molecule has 1 aliphatic rings. The number of nitrogens with zero attached hydrogens (tertiary/aromatic N) is 1. The summed E-state index contributed by atoms with van der Waals surface area (Å²) >= 11 is 0. The molecule has 1 amide bonds. The largest absolute Gasteiger partial charge is 0.340 e. The number of amides is 1. The lowest BCUT2D eigenvalue weighted by molar-refractivity contribution is -0.131. The van der Waals surface area contributed by atoms with Crippen LogP contribution in [0.15, 0.2) is 0 Å². The third-order valence-corrected chi connectivity index (χ3v) is 4.89. The second-order valence-corrected chi connectivity index (χ2v) is 7.04. The van der Waals surface area contributed by atoms with Crippen molar-refractivity contribution in [3.8, 4) is 0 Å². The van der Waals surface area contributed by atoms with E-state index in [2.05, 4.69) is 5.32 Å². The van der Waals surface area contributed by atoms with Crippen LogP contribution in [0.3, 0.4) is 0 Å². The number of hydrogen-bond acceptors (Lipinski definition) is 4. The molecule has 0 bridgehead atoms. The second kappa shape index (κ2) is 7.74. The summed E-state index contributed by atoms with van der Waals surface area (Å²) < 4.78 is 23.4. The average molecular weight is 276 g/mol. The molecule has 5 nitrogen and oxygen atoms in total. The molecule has 1 saturated heterocycles. The van der Waals surface area contributed by atoms with E-state index < -0.39 is 9.84 Å². The van der Waals surface area contributed by atoms with Gasteiger partial charge in [-0.1, -0.05) is 19.8 Å². The van der Waals surface area contributed by atoms with Gasteiger partial charge in [-0.2, -0.15) is 0 Å². The smallest absolute Gasteiger partial charge is 0.223 e. The Bertz CT molecular complexity index is 348. The fourth-order valence-electron chi connectivity index (χ4n) is 1.99. The SMILES string of the molecule is CCCCCS(=O)(=O)CCC(=O)N1CCNCC1. The van der Waals surface area contributed by atoms with Crippen LogP contribution in [0.5, 0.6) is 0 Å². The number of rotatable bonds is 7. The Morgan fingerprint density at radius 2 is 1.83 bits per heavy atom. The maximum atomic E-state index is 11.8.